The molecular weight excluding hydrogens is 407 g/mol. The van der Waals surface area contributed by atoms with E-state index in [2.05, 4.69) is 44.5 Å². The molecular formula is C21H33FN2O5Si. The molecule has 0 radical (unpaired) electrons. The molecule has 0 aliphatic carbocycles. The zero-order valence-corrected chi connectivity index (χ0v) is 19.5. The third-order valence-corrected chi connectivity index (χ3v) is 9.90. The predicted molar refractivity (Wildman–Crippen MR) is 115 cm³/mol. The van der Waals surface area contributed by atoms with E-state index in [1.165, 1.54) is 25.1 Å². The molecule has 0 aromatic heterocycles. The first-order valence-corrected chi connectivity index (χ1v) is 12.8. The van der Waals surface area contributed by atoms with Gasteiger partial charge in [0.1, 0.15) is 17.9 Å². The van der Waals surface area contributed by atoms with Gasteiger partial charge in [-0.3, -0.25) is 9.59 Å². The molecule has 1 aromatic rings. The lowest BCUT2D eigenvalue weighted by atomic mass is 10.0. The summed E-state index contributed by atoms with van der Waals surface area (Å²) in [6.45, 7) is 11.8. The summed E-state index contributed by atoms with van der Waals surface area (Å²) < 4.78 is 20.0. The van der Waals surface area contributed by atoms with E-state index in [1.807, 2.05) is 0 Å². The van der Waals surface area contributed by atoms with Crippen LogP contribution in [0.1, 0.15) is 39.7 Å². The Morgan fingerprint density at radius 3 is 2.23 bits per heavy atom. The summed E-state index contributed by atoms with van der Waals surface area (Å²) in [6.07, 6.45) is -0.00896. The van der Waals surface area contributed by atoms with Crippen molar-refractivity contribution in [2.45, 2.75) is 70.8 Å². The van der Waals surface area contributed by atoms with Gasteiger partial charge in [0.15, 0.2) is 8.32 Å². The minimum absolute atomic E-state index is 0.0226. The summed E-state index contributed by atoms with van der Waals surface area (Å²) in [5, 5.41) is 14.4. The Morgan fingerprint density at radius 1 is 1.13 bits per heavy atom. The lowest BCUT2D eigenvalue weighted by molar-refractivity contribution is -0.142. The van der Waals surface area contributed by atoms with Gasteiger partial charge in [-0.2, -0.15) is 0 Å². The molecule has 0 aliphatic rings. The van der Waals surface area contributed by atoms with Gasteiger partial charge in [0, 0.05) is 26.4 Å². The molecule has 0 bridgehead atoms. The Balaban J connectivity index is 2.83. The van der Waals surface area contributed by atoms with E-state index in [0.717, 1.165) is 0 Å². The highest BCUT2D eigenvalue weighted by molar-refractivity contribution is 6.74. The third-order valence-electron chi connectivity index (χ3n) is 5.37. The molecule has 2 atom stereocenters. The predicted octanol–water partition coefficient (Wildman–Crippen LogP) is 2.85. The smallest absolute Gasteiger partial charge is 0.326 e. The lowest BCUT2D eigenvalue weighted by Gasteiger charge is -2.36. The van der Waals surface area contributed by atoms with Crippen molar-refractivity contribution in [1.29, 1.82) is 0 Å². The average Bonchev–Trinajstić information content (AvgIpc) is 2.60. The van der Waals surface area contributed by atoms with Gasteiger partial charge in [-0.05, 0) is 29.8 Å². The molecule has 0 saturated carbocycles. The van der Waals surface area contributed by atoms with Gasteiger partial charge < -0.3 is 20.2 Å². The summed E-state index contributed by atoms with van der Waals surface area (Å²) in [5.74, 6) is -2.86. The average molecular weight is 441 g/mol. The van der Waals surface area contributed by atoms with Crippen LogP contribution in [0.3, 0.4) is 0 Å². The Morgan fingerprint density at radius 2 is 1.73 bits per heavy atom. The molecule has 168 valence electrons. The molecule has 0 aliphatic heterocycles. The molecule has 9 heteroatoms. The molecule has 0 unspecified atom stereocenters. The maximum atomic E-state index is 14.0. The van der Waals surface area contributed by atoms with Gasteiger partial charge in [-0.1, -0.05) is 39.0 Å². The summed E-state index contributed by atoms with van der Waals surface area (Å²) in [7, 11) is -2.05. The number of carbonyl (C=O) groups is 3. The van der Waals surface area contributed by atoms with Crippen molar-refractivity contribution >= 4 is 26.1 Å². The monoisotopic (exact) mass is 440 g/mol. The van der Waals surface area contributed by atoms with Crippen LogP contribution in [0, 0.1) is 5.82 Å². The van der Waals surface area contributed by atoms with Crippen molar-refractivity contribution in [2.75, 3.05) is 6.61 Å². The van der Waals surface area contributed by atoms with E-state index >= 15 is 0 Å². The number of carboxylic acid groups (broad SMARTS) is 1. The van der Waals surface area contributed by atoms with E-state index in [0.29, 0.717) is 0 Å². The molecule has 0 saturated heterocycles. The lowest BCUT2D eigenvalue weighted by Crippen LogP contribution is -2.52. The van der Waals surface area contributed by atoms with Crippen molar-refractivity contribution in [3.8, 4) is 0 Å². The van der Waals surface area contributed by atoms with Crippen LogP contribution in [-0.4, -0.2) is 49.9 Å². The number of carboxylic acids is 1. The first-order valence-electron chi connectivity index (χ1n) is 9.92. The van der Waals surface area contributed by atoms with Crippen LogP contribution >= 0.6 is 0 Å². The fraction of sp³-hybridized carbons (Fsp3) is 0.571. The maximum absolute atomic E-state index is 14.0. The first-order chi connectivity index (χ1) is 13.7. The second kappa shape index (κ2) is 10.7. The number of hydrogen-bond donors (Lipinski definition) is 3. The fourth-order valence-corrected chi connectivity index (χ4v) is 3.58. The van der Waals surface area contributed by atoms with Gasteiger partial charge in [-0.25, -0.2) is 9.18 Å². The standard InChI is InChI=1S/C21H33FN2O5Si/c1-14(25)23-18(13-15-9-7-8-10-16(15)22)19(26)24-17(20(27)28)11-12-29-30(5,6)21(2,3)4/h7-10,17-18H,11-13H2,1-6H3,(H,23,25)(H,24,26)(H,27,28)/t17-,18-/m0/s1. The molecule has 0 fully saturated rings. The van der Waals surface area contributed by atoms with Crippen LogP contribution in [0.2, 0.25) is 18.1 Å². The van der Waals surface area contributed by atoms with Crippen LogP contribution in [0.15, 0.2) is 24.3 Å². The topological polar surface area (TPSA) is 105 Å². The minimum Gasteiger partial charge on any atom is -0.480 e. The summed E-state index contributed by atoms with van der Waals surface area (Å²) in [4.78, 5) is 35.8. The number of halogens is 1. The van der Waals surface area contributed by atoms with Gasteiger partial charge in [0.05, 0.1) is 0 Å². The zero-order valence-electron chi connectivity index (χ0n) is 18.5. The van der Waals surface area contributed by atoms with Crippen LogP contribution in [-0.2, 0) is 25.2 Å². The van der Waals surface area contributed by atoms with E-state index in [1.54, 1.807) is 6.07 Å². The molecule has 2 amide bonds. The van der Waals surface area contributed by atoms with Crippen molar-refractivity contribution in [3.05, 3.63) is 35.6 Å². The number of rotatable bonds is 10. The highest BCUT2D eigenvalue weighted by Gasteiger charge is 2.37. The second-order valence-corrected chi connectivity index (χ2v) is 13.7. The van der Waals surface area contributed by atoms with E-state index < -0.39 is 44.0 Å². The number of carbonyl (C=O) groups excluding carboxylic acids is 2. The van der Waals surface area contributed by atoms with E-state index in [4.69, 9.17) is 4.43 Å². The zero-order chi connectivity index (χ0) is 23.1. The second-order valence-electron chi connectivity index (χ2n) is 8.85. The maximum Gasteiger partial charge on any atom is 0.326 e. The Hall–Kier alpha value is -2.26. The van der Waals surface area contributed by atoms with E-state index in [9.17, 15) is 23.9 Å². The molecule has 0 spiro atoms. The Kier molecular flexibility index (Phi) is 9.17. The number of benzene rings is 1. The normalized spacial score (nSPS) is 14.0. The number of hydrogen-bond acceptors (Lipinski definition) is 4. The van der Waals surface area contributed by atoms with Crippen LogP contribution in [0.4, 0.5) is 4.39 Å². The Bertz CT molecular complexity index is 764. The number of amides is 2. The number of nitrogens with one attached hydrogen (secondary N) is 2. The third kappa shape index (κ3) is 7.87. The Labute approximate surface area is 178 Å². The summed E-state index contributed by atoms with van der Waals surface area (Å²) >= 11 is 0. The van der Waals surface area contributed by atoms with Crippen molar-refractivity contribution in [2.24, 2.45) is 0 Å². The largest absolute Gasteiger partial charge is 0.480 e. The van der Waals surface area contributed by atoms with Crippen LogP contribution < -0.4 is 10.6 Å². The van der Waals surface area contributed by atoms with Gasteiger partial charge in [0.2, 0.25) is 11.8 Å². The quantitative estimate of drug-likeness (QED) is 0.485. The van der Waals surface area contributed by atoms with Gasteiger partial charge in [-0.15, -0.1) is 0 Å². The molecule has 0 heterocycles. The van der Waals surface area contributed by atoms with Gasteiger partial charge in [0.25, 0.3) is 0 Å². The molecule has 3 N–H and O–H groups in total. The SMILES string of the molecule is CC(=O)N[C@@H](Cc1ccccc1F)C(=O)N[C@@H](CCO[Si](C)(C)C(C)(C)C)C(=O)O. The molecule has 1 aromatic carbocycles. The van der Waals surface area contributed by atoms with Crippen LogP contribution in [0.5, 0.6) is 0 Å². The van der Waals surface area contributed by atoms with Gasteiger partial charge >= 0.3 is 5.97 Å². The molecule has 30 heavy (non-hydrogen) atoms. The van der Waals surface area contributed by atoms with Crippen molar-refractivity contribution in [1.82, 2.24) is 10.6 Å². The van der Waals surface area contributed by atoms with E-state index in [-0.39, 0.29) is 30.1 Å². The van der Waals surface area contributed by atoms with Crippen LogP contribution in [0.25, 0.3) is 0 Å². The minimum atomic E-state index is -2.05. The number of aliphatic carboxylic acids is 1. The fourth-order valence-electron chi connectivity index (χ4n) is 2.52. The highest BCUT2D eigenvalue weighted by atomic mass is 28.4. The summed E-state index contributed by atoms with van der Waals surface area (Å²) in [5.41, 5.74) is 0.250. The molecule has 7 nitrogen and oxygen atoms in total. The first kappa shape index (κ1) is 25.8. The van der Waals surface area contributed by atoms with Crippen molar-refractivity contribution in [3.63, 3.8) is 0 Å². The highest BCUT2D eigenvalue weighted by Crippen LogP contribution is 2.36. The van der Waals surface area contributed by atoms with Crippen molar-refractivity contribution < 1.29 is 28.3 Å². The summed E-state index contributed by atoms with van der Waals surface area (Å²) in [6, 6.07) is 3.64. The molecule has 1 rings (SSSR count).